The average molecular weight is 631 g/mol. The molecular formula is C35H42N4O5S. The Kier molecular flexibility index (Phi) is 9.68. The first-order chi connectivity index (χ1) is 20.9. The van der Waals surface area contributed by atoms with Gasteiger partial charge in [0.25, 0.3) is 5.91 Å². The number of hydrogen-bond donors (Lipinski definition) is 2. The molecule has 0 unspecified atom stereocenters. The van der Waals surface area contributed by atoms with Crippen molar-refractivity contribution >= 4 is 52.3 Å². The Bertz CT molecular complexity index is 1710. The van der Waals surface area contributed by atoms with E-state index in [1.165, 1.54) is 22.5 Å². The van der Waals surface area contributed by atoms with Gasteiger partial charge in [-0.2, -0.15) is 0 Å². The van der Waals surface area contributed by atoms with Gasteiger partial charge in [0.15, 0.2) is 0 Å². The van der Waals surface area contributed by atoms with Gasteiger partial charge >= 0.3 is 12.2 Å². The number of fused-ring (bicyclic) bond motifs is 1. The molecule has 2 amide bonds. The summed E-state index contributed by atoms with van der Waals surface area (Å²) in [4.78, 5) is 44.3. The number of carbonyl (C=O) groups is 3. The van der Waals surface area contributed by atoms with Crippen molar-refractivity contribution in [3.05, 3.63) is 83.7 Å². The van der Waals surface area contributed by atoms with Crippen molar-refractivity contribution in [2.24, 2.45) is 0 Å². The number of nitrogens with zero attached hydrogens (tertiary/aromatic N) is 2. The summed E-state index contributed by atoms with van der Waals surface area (Å²) in [5, 5.41) is 6.31. The minimum absolute atomic E-state index is 0.0170. The molecule has 4 aromatic rings. The zero-order chi connectivity index (χ0) is 33.2. The van der Waals surface area contributed by atoms with Gasteiger partial charge < -0.3 is 14.8 Å². The Morgan fingerprint density at radius 1 is 0.844 bits per heavy atom. The second-order valence-electron chi connectivity index (χ2n) is 13.8. The number of carbonyl (C=O) groups excluding carboxylic acids is 3. The molecule has 0 aliphatic carbocycles. The van der Waals surface area contributed by atoms with Gasteiger partial charge in [-0.25, -0.2) is 14.6 Å². The number of anilines is 2. The van der Waals surface area contributed by atoms with Crippen LogP contribution in [0.25, 0.3) is 10.9 Å². The predicted octanol–water partition coefficient (Wildman–Crippen LogP) is 9.01. The van der Waals surface area contributed by atoms with Gasteiger partial charge in [-0.1, -0.05) is 39.0 Å². The summed E-state index contributed by atoms with van der Waals surface area (Å²) in [6.45, 7) is 17.2. The van der Waals surface area contributed by atoms with Crippen molar-refractivity contribution in [2.75, 3.05) is 10.6 Å². The first-order valence-corrected chi connectivity index (χ1v) is 15.8. The van der Waals surface area contributed by atoms with E-state index < -0.39 is 23.4 Å². The van der Waals surface area contributed by atoms with Gasteiger partial charge in [0.1, 0.15) is 17.0 Å². The number of aromatic nitrogens is 2. The highest BCUT2D eigenvalue weighted by Gasteiger charge is 2.25. The molecule has 45 heavy (non-hydrogen) atoms. The van der Waals surface area contributed by atoms with Crippen LogP contribution < -0.4 is 10.6 Å². The van der Waals surface area contributed by atoms with Crippen molar-refractivity contribution < 1.29 is 23.9 Å². The fourth-order valence-corrected chi connectivity index (χ4v) is 5.50. The maximum Gasteiger partial charge on any atom is 0.419 e. The van der Waals surface area contributed by atoms with Crippen LogP contribution in [0, 0.1) is 0 Å². The highest BCUT2D eigenvalue weighted by Crippen LogP contribution is 2.35. The maximum absolute atomic E-state index is 13.8. The second-order valence-corrected chi connectivity index (χ2v) is 14.8. The highest BCUT2D eigenvalue weighted by atomic mass is 32.2. The zero-order valence-electron chi connectivity index (χ0n) is 27.4. The van der Waals surface area contributed by atoms with Crippen LogP contribution in [0.15, 0.2) is 71.9 Å². The molecule has 2 aromatic carbocycles. The Morgan fingerprint density at radius 3 is 2.13 bits per heavy atom. The molecule has 2 heterocycles. The quantitative estimate of drug-likeness (QED) is 0.205. The predicted molar refractivity (Wildman–Crippen MR) is 180 cm³/mol. The summed E-state index contributed by atoms with van der Waals surface area (Å²) in [7, 11) is 0. The molecule has 0 saturated carbocycles. The van der Waals surface area contributed by atoms with Gasteiger partial charge in [-0.15, -0.1) is 11.8 Å². The van der Waals surface area contributed by atoms with Gasteiger partial charge in [-0.05, 0) is 94.5 Å². The molecule has 238 valence electrons. The maximum atomic E-state index is 13.8. The summed E-state index contributed by atoms with van der Waals surface area (Å²) >= 11 is 1.50. The van der Waals surface area contributed by atoms with Crippen LogP contribution in [0.4, 0.5) is 21.1 Å². The molecule has 0 aliphatic heterocycles. The van der Waals surface area contributed by atoms with Gasteiger partial charge in [0, 0.05) is 34.1 Å². The number of amides is 2. The van der Waals surface area contributed by atoms with Gasteiger partial charge in [-0.3, -0.25) is 14.7 Å². The smallest absolute Gasteiger partial charge is 0.419 e. The van der Waals surface area contributed by atoms with E-state index >= 15 is 0 Å². The molecule has 0 saturated heterocycles. The SMILES string of the molecule is CC(C)(C)OC(=O)Nc1cc(CSc2cccc3c2c(C(=O)Nc2ccc(C(C)(C)C)cc2)cn3C(=O)OC(C)(C)C)ccn1. The molecule has 10 heteroatoms. The molecule has 0 radical (unpaired) electrons. The largest absolute Gasteiger partial charge is 0.444 e. The molecule has 0 bridgehead atoms. The van der Waals surface area contributed by atoms with Crippen LogP contribution in [0.1, 0.15) is 83.8 Å². The standard InChI is InChI=1S/C35H42N4O5S/c1-33(2,3)23-13-15-24(16-14-23)37-30(40)25-20-39(32(42)44-35(7,8)9)26-11-10-12-27(29(25)26)45-21-22-17-18-36-28(19-22)38-31(41)43-34(4,5)6/h10-20H,21H2,1-9H3,(H,37,40)(H,36,38,41). The number of benzene rings is 2. The number of ether oxygens (including phenoxy) is 2. The van der Waals surface area contributed by atoms with Gasteiger partial charge in [0.05, 0.1) is 11.1 Å². The Balaban J connectivity index is 1.65. The Labute approximate surface area is 269 Å². The highest BCUT2D eigenvalue weighted by molar-refractivity contribution is 7.98. The number of rotatable bonds is 6. The molecule has 0 fully saturated rings. The van der Waals surface area contributed by atoms with Crippen molar-refractivity contribution in [3.63, 3.8) is 0 Å². The lowest BCUT2D eigenvalue weighted by Gasteiger charge is -2.19. The molecule has 2 aromatic heterocycles. The summed E-state index contributed by atoms with van der Waals surface area (Å²) in [6, 6.07) is 17.0. The average Bonchev–Trinajstić information content (AvgIpc) is 3.31. The molecule has 0 spiro atoms. The fraction of sp³-hybridized carbons (Fsp3) is 0.371. The third kappa shape index (κ3) is 9.11. The van der Waals surface area contributed by atoms with E-state index in [-0.39, 0.29) is 11.3 Å². The first-order valence-electron chi connectivity index (χ1n) is 14.8. The minimum Gasteiger partial charge on any atom is -0.444 e. The summed E-state index contributed by atoms with van der Waals surface area (Å²) in [6.07, 6.45) is 2.00. The van der Waals surface area contributed by atoms with Crippen molar-refractivity contribution in [1.82, 2.24) is 9.55 Å². The van der Waals surface area contributed by atoms with Crippen molar-refractivity contribution in [2.45, 2.75) is 89.6 Å². The molecule has 4 rings (SSSR count). The fourth-order valence-electron chi connectivity index (χ4n) is 4.46. The molecular weight excluding hydrogens is 588 g/mol. The topological polar surface area (TPSA) is 112 Å². The lowest BCUT2D eigenvalue weighted by atomic mass is 9.87. The number of thioether (sulfide) groups is 1. The summed E-state index contributed by atoms with van der Waals surface area (Å²) in [5.41, 5.74) is 2.24. The Hall–Kier alpha value is -4.31. The summed E-state index contributed by atoms with van der Waals surface area (Å²) < 4.78 is 12.4. The first kappa shape index (κ1) is 33.6. The van der Waals surface area contributed by atoms with Crippen LogP contribution in [0.2, 0.25) is 0 Å². The summed E-state index contributed by atoms with van der Waals surface area (Å²) in [5.74, 6) is 0.540. The number of nitrogens with one attached hydrogen (secondary N) is 2. The molecule has 2 N–H and O–H groups in total. The van der Waals surface area contributed by atoms with Crippen molar-refractivity contribution in [1.29, 1.82) is 0 Å². The minimum atomic E-state index is -0.719. The van der Waals surface area contributed by atoms with Crippen LogP contribution in [-0.4, -0.2) is 38.8 Å². The van der Waals surface area contributed by atoms with E-state index in [4.69, 9.17) is 9.47 Å². The zero-order valence-corrected chi connectivity index (χ0v) is 28.2. The van der Waals surface area contributed by atoms with Crippen LogP contribution in [0.3, 0.4) is 0 Å². The van der Waals surface area contributed by atoms with E-state index in [1.54, 1.807) is 59.9 Å². The van der Waals surface area contributed by atoms with E-state index in [0.717, 1.165) is 16.0 Å². The van der Waals surface area contributed by atoms with E-state index in [1.807, 2.05) is 42.5 Å². The molecule has 0 aliphatic rings. The Morgan fingerprint density at radius 2 is 1.51 bits per heavy atom. The second kappa shape index (κ2) is 13.0. The van der Waals surface area contributed by atoms with Gasteiger partial charge in [0.2, 0.25) is 0 Å². The third-order valence-corrected chi connectivity index (χ3v) is 7.61. The van der Waals surface area contributed by atoms with Crippen LogP contribution >= 0.6 is 11.8 Å². The molecule has 0 atom stereocenters. The van der Waals surface area contributed by atoms with E-state index in [2.05, 4.69) is 36.4 Å². The van der Waals surface area contributed by atoms with E-state index in [0.29, 0.717) is 33.7 Å². The monoisotopic (exact) mass is 630 g/mol. The number of pyridine rings is 1. The van der Waals surface area contributed by atoms with Crippen LogP contribution in [-0.2, 0) is 20.6 Å². The van der Waals surface area contributed by atoms with Crippen molar-refractivity contribution in [3.8, 4) is 0 Å². The normalized spacial score (nSPS) is 12.1. The van der Waals surface area contributed by atoms with E-state index in [9.17, 15) is 14.4 Å². The lowest BCUT2D eigenvalue weighted by Crippen LogP contribution is -2.27. The molecule has 9 nitrogen and oxygen atoms in total. The lowest BCUT2D eigenvalue weighted by molar-refractivity contribution is 0.0543. The van der Waals surface area contributed by atoms with Crippen LogP contribution in [0.5, 0.6) is 0 Å². The number of hydrogen-bond acceptors (Lipinski definition) is 7. The third-order valence-electron chi connectivity index (χ3n) is 6.48.